The highest BCUT2D eigenvalue weighted by Crippen LogP contribution is 2.26. The van der Waals surface area contributed by atoms with Crippen molar-refractivity contribution < 1.29 is 8.42 Å². The van der Waals surface area contributed by atoms with Crippen LogP contribution in [-0.4, -0.2) is 26.0 Å². The van der Waals surface area contributed by atoms with Gasteiger partial charge in [-0.05, 0) is 32.2 Å². The molecular weight excluding hydrogens is 270 g/mol. The molecule has 2 unspecified atom stereocenters. The van der Waals surface area contributed by atoms with Crippen molar-refractivity contribution in [2.45, 2.75) is 42.9 Å². The minimum Gasteiger partial charge on any atom is -0.330 e. The highest BCUT2D eigenvalue weighted by molar-refractivity contribution is 7.91. The Morgan fingerprint density at radius 1 is 1.50 bits per heavy atom. The summed E-state index contributed by atoms with van der Waals surface area (Å²) < 4.78 is 27.5. The lowest BCUT2D eigenvalue weighted by atomic mass is 9.85. The van der Waals surface area contributed by atoms with Gasteiger partial charge in [-0.15, -0.1) is 11.3 Å². The lowest BCUT2D eigenvalue weighted by Gasteiger charge is -2.30. The monoisotopic (exact) mass is 289 g/mol. The first-order valence-electron chi connectivity index (χ1n) is 6.18. The van der Waals surface area contributed by atoms with Crippen molar-refractivity contribution in [3.63, 3.8) is 0 Å². The van der Waals surface area contributed by atoms with Gasteiger partial charge >= 0.3 is 0 Å². The molecule has 0 radical (unpaired) electrons. The van der Waals surface area contributed by atoms with Gasteiger partial charge in [-0.2, -0.15) is 0 Å². The van der Waals surface area contributed by atoms with Crippen LogP contribution in [0.5, 0.6) is 0 Å². The van der Waals surface area contributed by atoms with Gasteiger partial charge in [-0.25, -0.2) is 18.1 Å². The van der Waals surface area contributed by atoms with Crippen LogP contribution >= 0.6 is 11.3 Å². The largest absolute Gasteiger partial charge is 0.330 e. The zero-order valence-electron chi connectivity index (χ0n) is 10.4. The highest BCUT2D eigenvalue weighted by atomic mass is 32.2. The fourth-order valence-electron chi connectivity index (χ4n) is 2.37. The Kier molecular flexibility index (Phi) is 4.37. The molecule has 1 aromatic rings. The molecule has 0 saturated heterocycles. The van der Waals surface area contributed by atoms with Crippen LogP contribution in [0.2, 0.25) is 0 Å². The number of nitrogens with two attached hydrogens (primary N) is 1. The molecule has 1 heterocycles. The van der Waals surface area contributed by atoms with Gasteiger partial charge in [-0.3, -0.25) is 0 Å². The Hall–Kier alpha value is -0.500. The van der Waals surface area contributed by atoms with E-state index >= 15 is 0 Å². The summed E-state index contributed by atoms with van der Waals surface area (Å²) in [4.78, 5) is 3.99. The lowest BCUT2D eigenvalue weighted by Crippen LogP contribution is -2.44. The first-order chi connectivity index (χ1) is 8.53. The molecule has 0 aromatic carbocycles. The predicted molar refractivity (Wildman–Crippen MR) is 72.0 cm³/mol. The smallest absolute Gasteiger partial charge is 0.251 e. The molecule has 2 rings (SSSR count). The average molecular weight is 289 g/mol. The van der Waals surface area contributed by atoms with E-state index in [1.165, 1.54) is 17.5 Å². The number of aryl methyl sites for hydroxylation is 1. The number of hydrogen-bond acceptors (Lipinski definition) is 5. The maximum atomic E-state index is 12.2. The second-order valence-corrected chi connectivity index (χ2v) is 7.88. The van der Waals surface area contributed by atoms with Crippen molar-refractivity contribution in [1.29, 1.82) is 0 Å². The Labute approximate surface area is 112 Å². The predicted octanol–water partition coefficient (Wildman–Crippen LogP) is 1.25. The van der Waals surface area contributed by atoms with E-state index in [1.54, 1.807) is 6.92 Å². The van der Waals surface area contributed by atoms with E-state index in [9.17, 15) is 8.42 Å². The van der Waals surface area contributed by atoms with Gasteiger partial charge in [0.15, 0.2) is 4.21 Å². The van der Waals surface area contributed by atoms with Crippen LogP contribution in [0.25, 0.3) is 0 Å². The molecule has 5 nitrogen and oxygen atoms in total. The molecule has 0 amide bonds. The van der Waals surface area contributed by atoms with Gasteiger partial charge in [0, 0.05) is 6.04 Å². The Bertz CT molecular complexity index is 498. The van der Waals surface area contributed by atoms with Crippen molar-refractivity contribution in [3.05, 3.63) is 11.2 Å². The summed E-state index contributed by atoms with van der Waals surface area (Å²) in [7, 11) is -3.43. The standard InChI is InChI=1S/C11H19N3O2S2/c1-8-13-7-11(17-8)18(15,16)14-10-5-3-2-4-9(10)6-12/h7,9-10,14H,2-6,12H2,1H3. The minimum absolute atomic E-state index is 0.0313. The van der Waals surface area contributed by atoms with Gasteiger partial charge in [-0.1, -0.05) is 12.8 Å². The normalized spacial score (nSPS) is 25.2. The molecule has 0 bridgehead atoms. The van der Waals surface area contributed by atoms with E-state index in [1.807, 2.05) is 0 Å². The van der Waals surface area contributed by atoms with Gasteiger partial charge < -0.3 is 5.73 Å². The topological polar surface area (TPSA) is 85.1 Å². The Morgan fingerprint density at radius 2 is 2.22 bits per heavy atom. The number of nitrogens with one attached hydrogen (secondary N) is 1. The van der Waals surface area contributed by atoms with Crippen LogP contribution in [0.1, 0.15) is 30.7 Å². The molecule has 3 N–H and O–H groups in total. The van der Waals surface area contributed by atoms with Crippen LogP contribution in [0, 0.1) is 12.8 Å². The Balaban J connectivity index is 2.12. The molecular formula is C11H19N3O2S2. The number of rotatable bonds is 4. The molecule has 1 saturated carbocycles. The minimum atomic E-state index is -3.43. The third-order valence-electron chi connectivity index (χ3n) is 3.38. The molecule has 0 aliphatic heterocycles. The third-order valence-corrected chi connectivity index (χ3v) is 6.25. The molecule has 1 aliphatic rings. The second kappa shape index (κ2) is 5.64. The van der Waals surface area contributed by atoms with E-state index < -0.39 is 10.0 Å². The first-order valence-corrected chi connectivity index (χ1v) is 8.47. The SMILES string of the molecule is Cc1ncc(S(=O)(=O)NC2CCCCC2CN)s1. The molecule has 7 heteroatoms. The highest BCUT2D eigenvalue weighted by Gasteiger charge is 2.29. The summed E-state index contributed by atoms with van der Waals surface area (Å²) in [5.74, 6) is 0.252. The summed E-state index contributed by atoms with van der Waals surface area (Å²) in [5.41, 5.74) is 5.71. The Morgan fingerprint density at radius 3 is 2.83 bits per heavy atom. The fraction of sp³-hybridized carbons (Fsp3) is 0.727. The molecule has 1 aliphatic carbocycles. The molecule has 2 atom stereocenters. The van der Waals surface area contributed by atoms with Crippen LogP contribution in [0.3, 0.4) is 0 Å². The van der Waals surface area contributed by atoms with Crippen molar-refractivity contribution in [3.8, 4) is 0 Å². The zero-order valence-corrected chi connectivity index (χ0v) is 12.1. The van der Waals surface area contributed by atoms with Gasteiger partial charge in [0.05, 0.1) is 11.2 Å². The molecule has 1 aromatic heterocycles. The van der Waals surface area contributed by atoms with Crippen molar-refractivity contribution in [2.75, 3.05) is 6.54 Å². The molecule has 1 fully saturated rings. The van der Waals surface area contributed by atoms with E-state index in [0.717, 1.165) is 30.7 Å². The summed E-state index contributed by atoms with van der Waals surface area (Å²) in [6.45, 7) is 2.34. The maximum Gasteiger partial charge on any atom is 0.251 e. The van der Waals surface area contributed by atoms with Crippen molar-refractivity contribution >= 4 is 21.4 Å². The van der Waals surface area contributed by atoms with Gasteiger partial charge in [0.1, 0.15) is 0 Å². The average Bonchev–Trinajstić information content (AvgIpc) is 2.77. The fourth-order valence-corrected chi connectivity index (χ4v) is 4.83. The van der Waals surface area contributed by atoms with E-state index in [-0.39, 0.29) is 12.0 Å². The number of thiazole rings is 1. The lowest BCUT2D eigenvalue weighted by molar-refractivity contribution is 0.296. The molecule has 102 valence electrons. The molecule has 18 heavy (non-hydrogen) atoms. The van der Waals surface area contributed by atoms with Crippen molar-refractivity contribution in [1.82, 2.24) is 9.71 Å². The van der Waals surface area contributed by atoms with Crippen molar-refractivity contribution in [2.24, 2.45) is 11.7 Å². The van der Waals surface area contributed by atoms with Crippen LogP contribution in [0.4, 0.5) is 0 Å². The van der Waals surface area contributed by atoms with Crippen LogP contribution < -0.4 is 10.5 Å². The number of hydrogen-bond donors (Lipinski definition) is 2. The summed E-state index contributed by atoms with van der Waals surface area (Å²) in [6, 6.07) is -0.0313. The number of aromatic nitrogens is 1. The third kappa shape index (κ3) is 3.09. The zero-order chi connectivity index (χ0) is 13.2. The van der Waals surface area contributed by atoms with Gasteiger partial charge in [0.25, 0.3) is 10.0 Å². The van der Waals surface area contributed by atoms with E-state index in [2.05, 4.69) is 9.71 Å². The maximum absolute atomic E-state index is 12.2. The van der Waals surface area contributed by atoms with Crippen LogP contribution in [-0.2, 0) is 10.0 Å². The second-order valence-electron chi connectivity index (χ2n) is 4.71. The number of sulfonamides is 1. The summed E-state index contributed by atoms with van der Waals surface area (Å²) in [5, 5.41) is 0.759. The number of nitrogens with zero attached hydrogens (tertiary/aromatic N) is 1. The van der Waals surface area contributed by atoms with Crippen LogP contribution in [0.15, 0.2) is 10.4 Å². The summed E-state index contributed by atoms with van der Waals surface area (Å²) >= 11 is 1.20. The van der Waals surface area contributed by atoms with E-state index in [4.69, 9.17) is 5.73 Å². The molecule has 0 spiro atoms. The first kappa shape index (κ1) is 13.9. The summed E-state index contributed by atoms with van der Waals surface area (Å²) in [6.07, 6.45) is 5.50. The quantitative estimate of drug-likeness (QED) is 0.873. The van der Waals surface area contributed by atoms with Gasteiger partial charge in [0.2, 0.25) is 0 Å². The van der Waals surface area contributed by atoms with E-state index in [0.29, 0.717) is 10.8 Å².